The molecule has 0 aromatic rings. The summed E-state index contributed by atoms with van der Waals surface area (Å²) >= 11 is 0. The molecule has 2 fully saturated rings. The fraction of sp³-hybridized carbons (Fsp3) is 0.706. The molecular formula is C17H22O11. The van der Waals surface area contributed by atoms with Crippen LogP contribution in [0.5, 0.6) is 0 Å². The average Bonchev–Trinajstić information content (AvgIpc) is 3.26. The van der Waals surface area contributed by atoms with Crippen molar-refractivity contribution in [2.45, 2.75) is 70.7 Å². The predicted molar refractivity (Wildman–Crippen MR) is 86.5 cm³/mol. The van der Waals surface area contributed by atoms with Gasteiger partial charge in [-0.25, -0.2) is 0 Å². The number of hydrogen-bond donors (Lipinski definition) is 0. The van der Waals surface area contributed by atoms with Gasteiger partial charge in [0, 0.05) is 34.6 Å². The van der Waals surface area contributed by atoms with Gasteiger partial charge in [-0.1, -0.05) is 0 Å². The normalized spacial score (nSPS) is 33.0. The highest BCUT2D eigenvalue weighted by molar-refractivity contribution is 5.70. The molecule has 11 nitrogen and oxygen atoms in total. The zero-order chi connectivity index (χ0) is 21.2. The molecule has 0 unspecified atom stereocenters. The molecule has 0 amide bonds. The zero-order valence-corrected chi connectivity index (χ0v) is 16.1. The number of hydrogen-bond acceptors (Lipinski definition) is 11. The van der Waals surface area contributed by atoms with Crippen molar-refractivity contribution in [1.82, 2.24) is 0 Å². The van der Waals surface area contributed by atoms with Gasteiger partial charge in [0.2, 0.25) is 0 Å². The summed E-state index contributed by atoms with van der Waals surface area (Å²) in [6.07, 6.45) is -6.02. The van der Waals surface area contributed by atoms with Crippen LogP contribution >= 0.6 is 0 Å². The summed E-state index contributed by atoms with van der Waals surface area (Å²) in [5.74, 6) is -3.56. The molecule has 1 heterocycles. The van der Waals surface area contributed by atoms with Crippen LogP contribution in [-0.2, 0) is 52.4 Å². The zero-order valence-electron chi connectivity index (χ0n) is 16.1. The quantitative estimate of drug-likeness (QED) is 0.320. The van der Waals surface area contributed by atoms with Crippen molar-refractivity contribution in [2.75, 3.05) is 6.61 Å². The molecule has 1 saturated heterocycles. The summed E-state index contributed by atoms with van der Waals surface area (Å²) in [6, 6.07) is 0. The molecule has 2 rings (SSSR count). The van der Waals surface area contributed by atoms with Gasteiger partial charge in [-0.2, -0.15) is 0 Å². The molecule has 28 heavy (non-hydrogen) atoms. The molecule has 6 atom stereocenters. The highest BCUT2D eigenvalue weighted by Crippen LogP contribution is 2.52. The second-order valence-corrected chi connectivity index (χ2v) is 6.53. The molecule has 0 spiro atoms. The highest BCUT2D eigenvalue weighted by Gasteiger charge is 2.77. The van der Waals surface area contributed by atoms with E-state index in [0.717, 1.165) is 27.7 Å². The Labute approximate surface area is 160 Å². The molecule has 11 heteroatoms. The summed E-state index contributed by atoms with van der Waals surface area (Å²) in [4.78, 5) is 57.8. The topological polar surface area (TPSA) is 144 Å². The molecule has 1 aliphatic heterocycles. The van der Waals surface area contributed by atoms with E-state index in [2.05, 4.69) is 0 Å². The first-order valence-corrected chi connectivity index (χ1v) is 8.48. The van der Waals surface area contributed by atoms with Gasteiger partial charge in [0.15, 0.2) is 30.0 Å². The van der Waals surface area contributed by atoms with Gasteiger partial charge >= 0.3 is 29.8 Å². The number of esters is 5. The van der Waals surface area contributed by atoms with Crippen molar-refractivity contribution in [1.29, 1.82) is 0 Å². The van der Waals surface area contributed by atoms with E-state index in [1.54, 1.807) is 0 Å². The van der Waals surface area contributed by atoms with E-state index in [9.17, 15) is 24.0 Å². The molecule has 156 valence electrons. The summed E-state index contributed by atoms with van der Waals surface area (Å²) in [7, 11) is 0. The Balaban J connectivity index is 2.48. The second-order valence-electron chi connectivity index (χ2n) is 6.53. The monoisotopic (exact) mass is 402 g/mol. The highest BCUT2D eigenvalue weighted by atomic mass is 16.7. The van der Waals surface area contributed by atoms with E-state index in [1.165, 1.54) is 6.92 Å². The van der Waals surface area contributed by atoms with Crippen molar-refractivity contribution in [3.63, 3.8) is 0 Å². The van der Waals surface area contributed by atoms with Crippen LogP contribution in [0.3, 0.4) is 0 Å². The Morgan fingerprint density at radius 1 is 0.679 bits per heavy atom. The molecule has 0 aromatic heterocycles. The molecule has 1 aliphatic carbocycles. The third-order valence-electron chi connectivity index (χ3n) is 4.20. The third-order valence-corrected chi connectivity index (χ3v) is 4.20. The van der Waals surface area contributed by atoms with Crippen LogP contribution in [-0.4, -0.2) is 72.6 Å². The molecule has 0 radical (unpaired) electrons. The maximum atomic E-state index is 11.7. The largest absolute Gasteiger partial charge is 0.463 e. The molecule has 0 N–H and O–H groups in total. The number of fused-ring (bicyclic) bond motifs is 1. The Morgan fingerprint density at radius 2 is 1.14 bits per heavy atom. The van der Waals surface area contributed by atoms with Crippen molar-refractivity contribution < 1.29 is 52.4 Å². The van der Waals surface area contributed by atoms with E-state index in [-0.39, 0.29) is 6.61 Å². The second kappa shape index (κ2) is 8.13. The van der Waals surface area contributed by atoms with Gasteiger partial charge in [-0.05, 0) is 0 Å². The van der Waals surface area contributed by atoms with E-state index in [1.807, 2.05) is 0 Å². The van der Waals surface area contributed by atoms with Gasteiger partial charge in [-0.3, -0.25) is 24.0 Å². The van der Waals surface area contributed by atoms with Gasteiger partial charge in [0.25, 0.3) is 0 Å². The van der Waals surface area contributed by atoms with Gasteiger partial charge < -0.3 is 28.4 Å². The lowest BCUT2D eigenvalue weighted by Crippen LogP contribution is -2.64. The van der Waals surface area contributed by atoms with Crippen LogP contribution in [0.25, 0.3) is 0 Å². The standard InChI is InChI=1S/C17H22O11/c1-7(18)23-6-17-15(27-11(5)22)13(25-9(3)20)12(24-8(2)19)14(16(17)28-17)26-10(4)21/h12-16H,6H2,1-5H3/t12-,13-,14-,15+,16-,17+/m1/s1. The maximum Gasteiger partial charge on any atom is 0.303 e. The van der Waals surface area contributed by atoms with Gasteiger partial charge in [-0.15, -0.1) is 0 Å². The van der Waals surface area contributed by atoms with Crippen LogP contribution in [0, 0.1) is 0 Å². The molecule has 2 aliphatic rings. The lowest BCUT2D eigenvalue weighted by molar-refractivity contribution is -0.212. The summed E-state index contributed by atoms with van der Waals surface area (Å²) in [5.41, 5.74) is -1.42. The third kappa shape index (κ3) is 4.58. The Bertz CT molecular complexity index is 687. The van der Waals surface area contributed by atoms with E-state index >= 15 is 0 Å². The number of rotatable bonds is 6. The van der Waals surface area contributed by atoms with Crippen molar-refractivity contribution in [3.8, 4) is 0 Å². The summed E-state index contributed by atoms with van der Waals surface area (Å²) < 4.78 is 31.7. The van der Waals surface area contributed by atoms with Gasteiger partial charge in [0.1, 0.15) is 12.7 Å². The minimum Gasteiger partial charge on any atom is -0.463 e. The van der Waals surface area contributed by atoms with Crippen LogP contribution in [0.4, 0.5) is 0 Å². The first kappa shape index (κ1) is 21.6. The van der Waals surface area contributed by atoms with Crippen LogP contribution in [0.2, 0.25) is 0 Å². The SMILES string of the molecule is CC(=O)OC[C@@]12O[C@@H]1[C@H](OC(C)=O)[C@H](OC(C)=O)[C@@H](OC(C)=O)[C@@H]2OC(C)=O. The maximum absolute atomic E-state index is 11.7. The fourth-order valence-corrected chi connectivity index (χ4v) is 3.31. The minimum atomic E-state index is -1.42. The summed E-state index contributed by atoms with van der Waals surface area (Å²) in [6.45, 7) is 5.31. The number of epoxide rings is 1. The Morgan fingerprint density at radius 3 is 1.61 bits per heavy atom. The van der Waals surface area contributed by atoms with Crippen molar-refractivity contribution >= 4 is 29.8 Å². The fourth-order valence-electron chi connectivity index (χ4n) is 3.31. The van der Waals surface area contributed by atoms with E-state index < -0.39 is 66.0 Å². The predicted octanol–water partition coefficient (Wildman–Crippen LogP) is -0.572. The van der Waals surface area contributed by atoms with Crippen molar-refractivity contribution in [2.24, 2.45) is 0 Å². The van der Waals surface area contributed by atoms with Crippen LogP contribution in [0.1, 0.15) is 34.6 Å². The Hall–Kier alpha value is -2.69. The first-order valence-electron chi connectivity index (χ1n) is 8.48. The van der Waals surface area contributed by atoms with Gasteiger partial charge in [0.05, 0.1) is 0 Å². The molecule has 0 aromatic carbocycles. The number of carbonyl (C=O) groups is 5. The van der Waals surface area contributed by atoms with Crippen LogP contribution < -0.4 is 0 Å². The molecular weight excluding hydrogens is 380 g/mol. The molecule has 0 bridgehead atoms. The Kier molecular flexibility index (Phi) is 6.27. The molecule has 1 saturated carbocycles. The van der Waals surface area contributed by atoms with Crippen molar-refractivity contribution in [3.05, 3.63) is 0 Å². The number of ether oxygens (including phenoxy) is 6. The lowest BCUT2D eigenvalue weighted by Gasteiger charge is -2.41. The number of carbonyl (C=O) groups excluding carboxylic acids is 5. The minimum absolute atomic E-state index is 0.354. The first-order chi connectivity index (χ1) is 13.0. The van der Waals surface area contributed by atoms with E-state index in [0.29, 0.717) is 0 Å². The smallest absolute Gasteiger partial charge is 0.303 e. The van der Waals surface area contributed by atoms with Crippen LogP contribution in [0.15, 0.2) is 0 Å². The lowest BCUT2D eigenvalue weighted by atomic mass is 9.80. The van der Waals surface area contributed by atoms with E-state index in [4.69, 9.17) is 28.4 Å². The summed E-state index contributed by atoms with van der Waals surface area (Å²) in [5, 5.41) is 0. The average molecular weight is 402 g/mol.